The molecule has 1 aliphatic carbocycles. The zero-order valence-electron chi connectivity index (χ0n) is 11.2. The van der Waals surface area contributed by atoms with E-state index in [0.717, 1.165) is 22.8 Å². The molecule has 1 fully saturated rings. The van der Waals surface area contributed by atoms with E-state index in [4.69, 9.17) is 10.5 Å². The van der Waals surface area contributed by atoms with Crippen molar-refractivity contribution < 1.29 is 4.74 Å². The van der Waals surface area contributed by atoms with Crippen LogP contribution < -0.4 is 10.5 Å². The fraction of sp³-hybridized carbons (Fsp3) is 0.400. The van der Waals surface area contributed by atoms with Gasteiger partial charge in [0, 0.05) is 11.6 Å². The summed E-state index contributed by atoms with van der Waals surface area (Å²) in [6.07, 6.45) is 4.94. The molecule has 0 spiro atoms. The van der Waals surface area contributed by atoms with Gasteiger partial charge in [-0.05, 0) is 37.1 Å². The first-order valence-corrected chi connectivity index (χ1v) is 6.77. The maximum absolute atomic E-state index is 6.09. The van der Waals surface area contributed by atoms with Gasteiger partial charge in [-0.15, -0.1) is 0 Å². The molecule has 0 unspecified atom stereocenters. The molecule has 0 radical (unpaired) electrons. The molecule has 0 aliphatic heterocycles. The SMILES string of the molecule is COc1ccc(-c2cc(N)n(C3CCCC3)n2)cc1. The summed E-state index contributed by atoms with van der Waals surface area (Å²) < 4.78 is 7.16. The number of hydrogen-bond acceptors (Lipinski definition) is 3. The van der Waals surface area contributed by atoms with Crippen LogP contribution in [0.4, 0.5) is 5.82 Å². The van der Waals surface area contributed by atoms with Crippen LogP contribution in [0.25, 0.3) is 11.3 Å². The molecule has 4 nitrogen and oxygen atoms in total. The van der Waals surface area contributed by atoms with E-state index in [9.17, 15) is 0 Å². The van der Waals surface area contributed by atoms with Gasteiger partial charge in [-0.2, -0.15) is 5.10 Å². The Morgan fingerprint density at radius 1 is 1.21 bits per heavy atom. The second kappa shape index (κ2) is 4.96. The van der Waals surface area contributed by atoms with Gasteiger partial charge in [0.25, 0.3) is 0 Å². The lowest BCUT2D eigenvalue weighted by molar-refractivity contribution is 0.415. The molecule has 0 bridgehead atoms. The van der Waals surface area contributed by atoms with E-state index in [1.54, 1.807) is 7.11 Å². The standard InChI is InChI=1S/C15H19N3O/c1-19-13-8-6-11(7-9-13)14-10-15(16)18(17-14)12-4-2-3-5-12/h6-10,12H,2-5,16H2,1H3. The topological polar surface area (TPSA) is 53.1 Å². The number of rotatable bonds is 3. The van der Waals surface area contributed by atoms with Crippen molar-refractivity contribution in [3.63, 3.8) is 0 Å². The van der Waals surface area contributed by atoms with E-state index in [1.165, 1.54) is 25.7 Å². The summed E-state index contributed by atoms with van der Waals surface area (Å²) in [4.78, 5) is 0. The molecule has 2 aromatic rings. The van der Waals surface area contributed by atoms with Crippen molar-refractivity contribution in [3.8, 4) is 17.0 Å². The third-order valence-electron chi connectivity index (χ3n) is 3.82. The molecule has 3 rings (SSSR count). The largest absolute Gasteiger partial charge is 0.497 e. The number of nitrogen functional groups attached to an aromatic ring is 1. The summed E-state index contributed by atoms with van der Waals surface area (Å²) in [5, 5.41) is 4.67. The van der Waals surface area contributed by atoms with Crippen molar-refractivity contribution in [3.05, 3.63) is 30.3 Å². The molecule has 19 heavy (non-hydrogen) atoms. The Morgan fingerprint density at radius 2 is 1.89 bits per heavy atom. The molecule has 0 amide bonds. The summed E-state index contributed by atoms with van der Waals surface area (Å²) in [5.74, 6) is 1.62. The van der Waals surface area contributed by atoms with Gasteiger partial charge in [0.1, 0.15) is 11.6 Å². The lowest BCUT2D eigenvalue weighted by Gasteiger charge is -2.11. The van der Waals surface area contributed by atoms with E-state index in [-0.39, 0.29) is 0 Å². The normalized spacial score (nSPS) is 15.8. The second-order valence-electron chi connectivity index (χ2n) is 5.07. The lowest BCUT2D eigenvalue weighted by atomic mass is 10.1. The van der Waals surface area contributed by atoms with Gasteiger partial charge >= 0.3 is 0 Å². The van der Waals surface area contributed by atoms with Gasteiger partial charge in [0.05, 0.1) is 18.8 Å². The molecule has 100 valence electrons. The minimum absolute atomic E-state index is 0.479. The maximum Gasteiger partial charge on any atom is 0.122 e. The minimum atomic E-state index is 0.479. The Labute approximate surface area is 113 Å². The van der Waals surface area contributed by atoms with Crippen LogP contribution in [0.15, 0.2) is 30.3 Å². The monoisotopic (exact) mass is 257 g/mol. The first kappa shape index (κ1) is 12.1. The number of anilines is 1. The molecule has 4 heteroatoms. The molecule has 1 aromatic carbocycles. The van der Waals surface area contributed by atoms with Gasteiger partial charge in [0.2, 0.25) is 0 Å². The third kappa shape index (κ3) is 2.30. The predicted octanol–water partition coefficient (Wildman–Crippen LogP) is 3.26. The number of methoxy groups -OCH3 is 1. The highest BCUT2D eigenvalue weighted by atomic mass is 16.5. The first-order chi connectivity index (χ1) is 9.28. The number of nitrogens with two attached hydrogens (primary N) is 1. The van der Waals surface area contributed by atoms with Crippen molar-refractivity contribution >= 4 is 5.82 Å². The predicted molar refractivity (Wildman–Crippen MR) is 76.1 cm³/mol. The highest BCUT2D eigenvalue weighted by Gasteiger charge is 2.20. The molecular weight excluding hydrogens is 238 g/mol. The van der Waals surface area contributed by atoms with Crippen LogP contribution in [0.1, 0.15) is 31.7 Å². The van der Waals surface area contributed by atoms with E-state index in [0.29, 0.717) is 6.04 Å². The number of ether oxygens (including phenoxy) is 1. The zero-order chi connectivity index (χ0) is 13.2. The van der Waals surface area contributed by atoms with E-state index in [2.05, 4.69) is 5.10 Å². The van der Waals surface area contributed by atoms with Gasteiger partial charge in [-0.3, -0.25) is 0 Å². The fourth-order valence-corrected chi connectivity index (χ4v) is 2.75. The molecule has 0 saturated heterocycles. The summed E-state index contributed by atoms with van der Waals surface area (Å²) in [6.45, 7) is 0. The van der Waals surface area contributed by atoms with E-state index >= 15 is 0 Å². The van der Waals surface area contributed by atoms with Gasteiger partial charge in [-0.1, -0.05) is 12.8 Å². The average Bonchev–Trinajstić information content (AvgIpc) is 3.08. The quantitative estimate of drug-likeness (QED) is 0.918. The Hall–Kier alpha value is -1.97. The third-order valence-corrected chi connectivity index (χ3v) is 3.82. The highest BCUT2D eigenvalue weighted by Crippen LogP contribution is 2.32. The van der Waals surface area contributed by atoms with Crippen LogP contribution in [0, 0.1) is 0 Å². The van der Waals surface area contributed by atoms with Crippen LogP contribution in [0.2, 0.25) is 0 Å². The Bertz CT molecular complexity index is 553. The molecular formula is C15H19N3O. The Balaban J connectivity index is 1.90. The lowest BCUT2D eigenvalue weighted by Crippen LogP contribution is -2.09. The molecule has 0 atom stereocenters. The fourth-order valence-electron chi connectivity index (χ4n) is 2.75. The van der Waals surface area contributed by atoms with Gasteiger partial charge in [-0.25, -0.2) is 4.68 Å². The van der Waals surface area contributed by atoms with Crippen molar-refractivity contribution in [2.24, 2.45) is 0 Å². The van der Waals surface area contributed by atoms with E-state index in [1.807, 2.05) is 35.0 Å². The van der Waals surface area contributed by atoms with Crippen LogP contribution in [-0.4, -0.2) is 16.9 Å². The zero-order valence-corrected chi connectivity index (χ0v) is 11.2. The van der Waals surface area contributed by atoms with Crippen molar-refractivity contribution in [1.82, 2.24) is 9.78 Å². The minimum Gasteiger partial charge on any atom is -0.497 e. The van der Waals surface area contributed by atoms with E-state index < -0.39 is 0 Å². The smallest absolute Gasteiger partial charge is 0.122 e. The first-order valence-electron chi connectivity index (χ1n) is 6.77. The Morgan fingerprint density at radius 3 is 2.53 bits per heavy atom. The number of aromatic nitrogens is 2. The molecule has 1 aromatic heterocycles. The molecule has 1 saturated carbocycles. The van der Waals surface area contributed by atoms with Gasteiger partial charge < -0.3 is 10.5 Å². The number of hydrogen-bond donors (Lipinski definition) is 1. The Kier molecular flexibility index (Phi) is 3.15. The summed E-state index contributed by atoms with van der Waals surface area (Å²) >= 11 is 0. The molecule has 2 N–H and O–H groups in total. The molecule has 1 heterocycles. The highest BCUT2D eigenvalue weighted by molar-refractivity contribution is 5.63. The average molecular weight is 257 g/mol. The summed E-state index contributed by atoms with van der Waals surface area (Å²) in [7, 11) is 1.67. The summed E-state index contributed by atoms with van der Waals surface area (Å²) in [6, 6.07) is 10.4. The molecule has 1 aliphatic rings. The van der Waals surface area contributed by atoms with Crippen LogP contribution >= 0.6 is 0 Å². The van der Waals surface area contributed by atoms with Crippen molar-refractivity contribution in [2.75, 3.05) is 12.8 Å². The van der Waals surface area contributed by atoms with Crippen LogP contribution in [0.3, 0.4) is 0 Å². The second-order valence-corrected chi connectivity index (χ2v) is 5.07. The maximum atomic E-state index is 6.09. The van der Waals surface area contributed by atoms with Gasteiger partial charge in [0.15, 0.2) is 0 Å². The van der Waals surface area contributed by atoms with Crippen molar-refractivity contribution in [2.45, 2.75) is 31.7 Å². The number of benzene rings is 1. The van der Waals surface area contributed by atoms with Crippen LogP contribution in [-0.2, 0) is 0 Å². The summed E-state index contributed by atoms with van der Waals surface area (Å²) in [5.41, 5.74) is 8.10. The van der Waals surface area contributed by atoms with Crippen LogP contribution in [0.5, 0.6) is 5.75 Å². The number of nitrogens with zero attached hydrogens (tertiary/aromatic N) is 2. The van der Waals surface area contributed by atoms with Crippen molar-refractivity contribution in [1.29, 1.82) is 0 Å².